The molecule has 1 N–H and O–H groups in total. The summed E-state index contributed by atoms with van der Waals surface area (Å²) in [6.07, 6.45) is 3.02. The first-order valence-electron chi connectivity index (χ1n) is 6.78. The first-order valence-corrected chi connectivity index (χ1v) is 8.22. The maximum absolute atomic E-state index is 12.7. The van der Waals surface area contributed by atoms with Crippen molar-refractivity contribution in [2.24, 2.45) is 0 Å². The molecule has 0 saturated heterocycles. The average molecular weight is 297 g/mol. The van der Waals surface area contributed by atoms with Crippen LogP contribution >= 0.6 is 0 Å². The van der Waals surface area contributed by atoms with Gasteiger partial charge in [-0.05, 0) is 30.9 Å². The molecule has 1 aliphatic rings. The Morgan fingerprint density at radius 2 is 2.00 bits per heavy atom. The molecule has 0 bridgehead atoms. The minimum absolute atomic E-state index is 0.180. The molecule has 5 nitrogen and oxygen atoms in total. The standard InChI is InChI=1S/C14H19NO4S/c1-2-11-6-3-4-9-13(11)20(18,19)15(10-14(16)17)12-7-5-8-12/h3-4,6,9,12H,2,5,7-8,10H2,1H3,(H,16,17). The highest BCUT2D eigenvalue weighted by Crippen LogP contribution is 2.31. The van der Waals surface area contributed by atoms with Crippen molar-refractivity contribution in [3.63, 3.8) is 0 Å². The van der Waals surface area contributed by atoms with Gasteiger partial charge in [-0.1, -0.05) is 31.5 Å². The summed E-state index contributed by atoms with van der Waals surface area (Å²) in [7, 11) is -3.75. The van der Waals surface area contributed by atoms with Gasteiger partial charge in [0.05, 0.1) is 4.90 Å². The van der Waals surface area contributed by atoms with Gasteiger partial charge in [0.15, 0.2) is 0 Å². The van der Waals surface area contributed by atoms with Crippen LogP contribution in [0.4, 0.5) is 0 Å². The molecular formula is C14H19NO4S. The van der Waals surface area contributed by atoms with Gasteiger partial charge in [-0.25, -0.2) is 8.42 Å². The lowest BCUT2D eigenvalue weighted by atomic mass is 9.93. The van der Waals surface area contributed by atoms with Crippen LogP contribution in [0.5, 0.6) is 0 Å². The number of benzene rings is 1. The van der Waals surface area contributed by atoms with Gasteiger partial charge in [-0.3, -0.25) is 4.79 Å². The Labute approximate surface area is 119 Å². The quantitative estimate of drug-likeness (QED) is 0.870. The second-order valence-corrected chi connectivity index (χ2v) is 6.85. The maximum Gasteiger partial charge on any atom is 0.318 e. The number of sulfonamides is 1. The van der Waals surface area contributed by atoms with Crippen LogP contribution in [0.3, 0.4) is 0 Å². The van der Waals surface area contributed by atoms with Crippen LogP contribution in [-0.2, 0) is 21.2 Å². The number of hydrogen-bond donors (Lipinski definition) is 1. The molecule has 6 heteroatoms. The fourth-order valence-corrected chi connectivity index (χ4v) is 4.32. The van der Waals surface area contributed by atoms with E-state index in [-0.39, 0.29) is 10.9 Å². The van der Waals surface area contributed by atoms with Crippen LogP contribution in [0.15, 0.2) is 29.2 Å². The summed E-state index contributed by atoms with van der Waals surface area (Å²) in [5.41, 5.74) is 0.724. The third-order valence-electron chi connectivity index (χ3n) is 3.71. The van der Waals surface area contributed by atoms with E-state index in [9.17, 15) is 13.2 Å². The summed E-state index contributed by atoms with van der Waals surface area (Å²) in [5, 5.41) is 8.98. The lowest BCUT2D eigenvalue weighted by Crippen LogP contribution is -2.46. The van der Waals surface area contributed by atoms with Gasteiger partial charge in [0.25, 0.3) is 0 Å². The molecule has 0 unspecified atom stereocenters. The number of aryl methyl sites for hydroxylation is 1. The van der Waals surface area contributed by atoms with Gasteiger partial charge in [-0.2, -0.15) is 4.31 Å². The molecule has 1 aromatic carbocycles. The summed E-state index contributed by atoms with van der Waals surface area (Å²) >= 11 is 0. The molecule has 0 spiro atoms. The molecule has 0 aliphatic heterocycles. The van der Waals surface area contributed by atoms with Crippen molar-refractivity contribution < 1.29 is 18.3 Å². The monoisotopic (exact) mass is 297 g/mol. The molecule has 20 heavy (non-hydrogen) atoms. The maximum atomic E-state index is 12.7. The van der Waals surface area contributed by atoms with Crippen LogP contribution in [0.25, 0.3) is 0 Å². The molecule has 0 heterocycles. The van der Waals surface area contributed by atoms with Gasteiger partial charge in [0, 0.05) is 6.04 Å². The molecule has 1 fully saturated rings. The van der Waals surface area contributed by atoms with Gasteiger partial charge >= 0.3 is 5.97 Å². The largest absolute Gasteiger partial charge is 0.480 e. The summed E-state index contributed by atoms with van der Waals surface area (Å²) in [5.74, 6) is -1.12. The fourth-order valence-electron chi connectivity index (χ4n) is 2.39. The molecule has 2 rings (SSSR count). The summed E-state index contributed by atoms with van der Waals surface area (Å²) in [4.78, 5) is 11.2. The van der Waals surface area contributed by atoms with Crippen molar-refractivity contribution in [1.82, 2.24) is 4.31 Å². The number of carboxylic acid groups (broad SMARTS) is 1. The van der Waals surface area contributed by atoms with Crippen molar-refractivity contribution in [3.8, 4) is 0 Å². The smallest absolute Gasteiger partial charge is 0.318 e. The predicted octanol–water partition coefficient (Wildman–Crippen LogP) is 1.88. The van der Waals surface area contributed by atoms with E-state index >= 15 is 0 Å². The lowest BCUT2D eigenvalue weighted by Gasteiger charge is -2.35. The van der Waals surface area contributed by atoms with E-state index in [4.69, 9.17) is 5.11 Å². The Balaban J connectivity index is 2.41. The van der Waals surface area contributed by atoms with Crippen molar-refractivity contribution in [2.45, 2.75) is 43.5 Å². The number of nitrogens with zero attached hydrogens (tertiary/aromatic N) is 1. The van der Waals surface area contributed by atoms with Crippen LogP contribution in [0.2, 0.25) is 0 Å². The minimum Gasteiger partial charge on any atom is -0.480 e. The second-order valence-electron chi connectivity index (χ2n) is 4.99. The molecule has 0 amide bonds. The third kappa shape index (κ3) is 2.86. The van der Waals surface area contributed by atoms with Crippen molar-refractivity contribution in [2.75, 3.05) is 6.54 Å². The van der Waals surface area contributed by atoms with E-state index in [1.807, 2.05) is 6.92 Å². The fraction of sp³-hybridized carbons (Fsp3) is 0.500. The number of aliphatic carboxylic acids is 1. The zero-order valence-electron chi connectivity index (χ0n) is 11.4. The van der Waals surface area contributed by atoms with Crippen LogP contribution in [-0.4, -0.2) is 36.4 Å². The highest BCUT2D eigenvalue weighted by Gasteiger charge is 2.36. The molecule has 110 valence electrons. The average Bonchev–Trinajstić information content (AvgIpc) is 2.35. The van der Waals surface area contributed by atoms with Gasteiger partial charge in [0.1, 0.15) is 6.54 Å². The Kier molecular flexibility index (Phi) is 4.45. The van der Waals surface area contributed by atoms with E-state index in [1.54, 1.807) is 24.3 Å². The van der Waals surface area contributed by atoms with Crippen LogP contribution in [0.1, 0.15) is 31.7 Å². The lowest BCUT2D eigenvalue weighted by molar-refractivity contribution is -0.137. The predicted molar refractivity (Wildman–Crippen MR) is 75.0 cm³/mol. The summed E-state index contributed by atoms with van der Waals surface area (Å²) < 4.78 is 26.6. The highest BCUT2D eigenvalue weighted by molar-refractivity contribution is 7.89. The Morgan fingerprint density at radius 1 is 1.35 bits per heavy atom. The van der Waals surface area contributed by atoms with E-state index in [1.165, 1.54) is 0 Å². The van der Waals surface area contributed by atoms with Crippen molar-refractivity contribution in [1.29, 1.82) is 0 Å². The van der Waals surface area contributed by atoms with Gasteiger partial charge in [0.2, 0.25) is 10.0 Å². The Hall–Kier alpha value is -1.40. The zero-order valence-corrected chi connectivity index (χ0v) is 12.3. The van der Waals surface area contributed by atoms with Crippen molar-refractivity contribution >= 4 is 16.0 Å². The van der Waals surface area contributed by atoms with Crippen LogP contribution in [0, 0.1) is 0 Å². The Morgan fingerprint density at radius 3 is 2.50 bits per heavy atom. The number of carboxylic acids is 1. The Bertz CT molecular complexity index is 593. The zero-order chi connectivity index (χ0) is 14.8. The second kappa shape index (κ2) is 5.93. The minimum atomic E-state index is -3.75. The van der Waals surface area contributed by atoms with E-state index < -0.39 is 22.5 Å². The molecule has 1 aliphatic carbocycles. The topological polar surface area (TPSA) is 74.7 Å². The van der Waals surface area contributed by atoms with Crippen molar-refractivity contribution in [3.05, 3.63) is 29.8 Å². The first kappa shape index (κ1) is 15.0. The number of carbonyl (C=O) groups is 1. The van der Waals surface area contributed by atoms with Crippen LogP contribution < -0.4 is 0 Å². The molecule has 0 aromatic heterocycles. The molecule has 0 atom stereocenters. The number of hydrogen-bond acceptors (Lipinski definition) is 3. The number of rotatable bonds is 6. The molecule has 1 aromatic rings. The summed E-state index contributed by atoms with van der Waals surface area (Å²) in [6.45, 7) is 1.42. The normalized spacial score (nSPS) is 16.1. The van der Waals surface area contributed by atoms with Gasteiger partial charge < -0.3 is 5.11 Å². The molecule has 1 saturated carbocycles. The summed E-state index contributed by atoms with van der Waals surface area (Å²) in [6, 6.07) is 6.61. The third-order valence-corrected chi connectivity index (χ3v) is 5.71. The highest BCUT2D eigenvalue weighted by atomic mass is 32.2. The van der Waals surface area contributed by atoms with E-state index in [0.29, 0.717) is 6.42 Å². The van der Waals surface area contributed by atoms with Gasteiger partial charge in [-0.15, -0.1) is 0 Å². The molecule has 0 radical (unpaired) electrons. The SMILES string of the molecule is CCc1ccccc1S(=O)(=O)N(CC(=O)O)C1CCC1. The van der Waals surface area contributed by atoms with E-state index in [2.05, 4.69) is 0 Å². The first-order chi connectivity index (χ1) is 9.46. The molecular weight excluding hydrogens is 278 g/mol. The van der Waals surface area contributed by atoms with E-state index in [0.717, 1.165) is 29.1 Å².